The third-order valence-electron chi connectivity index (χ3n) is 2.96. The van der Waals surface area contributed by atoms with Gasteiger partial charge < -0.3 is 14.9 Å². The second kappa shape index (κ2) is 4.51. The molecular formula is C10H12F2N2O5. The lowest BCUT2D eigenvalue weighted by Crippen LogP contribution is -2.43. The van der Waals surface area contributed by atoms with Gasteiger partial charge in [-0.2, -0.15) is 8.78 Å². The van der Waals surface area contributed by atoms with Crippen LogP contribution in [-0.4, -0.2) is 44.5 Å². The molecular weight excluding hydrogens is 266 g/mol. The second-order valence-electron chi connectivity index (χ2n) is 4.31. The number of rotatable bonds is 2. The summed E-state index contributed by atoms with van der Waals surface area (Å²) in [6.07, 6.45) is -4.89. The van der Waals surface area contributed by atoms with Crippen LogP contribution in [0.2, 0.25) is 0 Å². The SMILES string of the molecule is Cc1cn([C@H]2O[C@@H](CO)C(O)C2(F)F)c(=O)[nH]c1=O. The summed E-state index contributed by atoms with van der Waals surface area (Å²) in [4.78, 5) is 24.5. The summed E-state index contributed by atoms with van der Waals surface area (Å²) in [5.74, 6) is -3.76. The Bertz CT molecular complexity index is 596. The van der Waals surface area contributed by atoms with Gasteiger partial charge in [-0.3, -0.25) is 14.3 Å². The molecule has 1 aromatic rings. The predicted octanol–water partition coefficient (Wildman–Crippen LogP) is -1.27. The standard InChI is InChI=1S/C10H12F2N2O5/c1-4-2-14(9(18)13-7(4)17)8-10(11,12)6(16)5(3-15)19-8/h2,5-6,8,15-16H,3H2,1H3,(H,13,17,18)/t5-,6?,8-/m0/s1. The minimum Gasteiger partial charge on any atom is -0.394 e. The highest BCUT2D eigenvalue weighted by atomic mass is 19.3. The van der Waals surface area contributed by atoms with Crippen molar-refractivity contribution in [1.29, 1.82) is 0 Å². The molecule has 0 saturated carbocycles. The molecule has 1 unspecified atom stereocenters. The molecule has 0 amide bonds. The molecule has 3 N–H and O–H groups in total. The fourth-order valence-electron chi connectivity index (χ4n) is 1.88. The van der Waals surface area contributed by atoms with Gasteiger partial charge in [-0.15, -0.1) is 0 Å². The van der Waals surface area contributed by atoms with Crippen molar-refractivity contribution in [2.45, 2.75) is 31.3 Å². The molecule has 1 saturated heterocycles. The maximum absolute atomic E-state index is 13.8. The molecule has 1 fully saturated rings. The van der Waals surface area contributed by atoms with Crippen molar-refractivity contribution in [3.8, 4) is 0 Å². The van der Waals surface area contributed by atoms with E-state index < -0.39 is 42.2 Å². The van der Waals surface area contributed by atoms with Crippen LogP contribution in [0.5, 0.6) is 0 Å². The highest BCUT2D eigenvalue weighted by molar-refractivity contribution is 5.04. The summed E-state index contributed by atoms with van der Waals surface area (Å²) in [5.41, 5.74) is -1.73. The number of nitrogens with one attached hydrogen (secondary N) is 1. The number of ether oxygens (including phenoxy) is 1. The molecule has 1 aliphatic rings. The first-order valence-electron chi connectivity index (χ1n) is 5.43. The molecule has 1 aliphatic heterocycles. The van der Waals surface area contributed by atoms with E-state index in [1.165, 1.54) is 6.92 Å². The van der Waals surface area contributed by atoms with Gasteiger partial charge in [0, 0.05) is 11.8 Å². The van der Waals surface area contributed by atoms with Gasteiger partial charge in [0.25, 0.3) is 5.56 Å². The number of halogens is 2. The maximum Gasteiger partial charge on any atom is 0.330 e. The van der Waals surface area contributed by atoms with Crippen LogP contribution >= 0.6 is 0 Å². The molecule has 9 heteroatoms. The van der Waals surface area contributed by atoms with Crippen molar-refractivity contribution in [3.05, 3.63) is 32.6 Å². The van der Waals surface area contributed by atoms with E-state index in [1.54, 1.807) is 0 Å². The van der Waals surface area contributed by atoms with Crippen molar-refractivity contribution >= 4 is 0 Å². The largest absolute Gasteiger partial charge is 0.394 e. The van der Waals surface area contributed by atoms with Gasteiger partial charge in [0.15, 0.2) is 6.10 Å². The number of aromatic amines is 1. The van der Waals surface area contributed by atoms with Crippen LogP contribution in [-0.2, 0) is 4.74 Å². The van der Waals surface area contributed by atoms with Crippen molar-refractivity contribution in [1.82, 2.24) is 9.55 Å². The van der Waals surface area contributed by atoms with E-state index in [4.69, 9.17) is 9.84 Å². The van der Waals surface area contributed by atoms with Crippen LogP contribution in [0.3, 0.4) is 0 Å². The van der Waals surface area contributed by atoms with E-state index in [-0.39, 0.29) is 5.56 Å². The Kier molecular flexibility index (Phi) is 3.29. The molecule has 0 aromatic carbocycles. The van der Waals surface area contributed by atoms with Crippen LogP contribution in [0.25, 0.3) is 0 Å². The molecule has 2 heterocycles. The topological polar surface area (TPSA) is 105 Å². The number of aliphatic hydroxyl groups is 2. The Morgan fingerprint density at radius 2 is 2.16 bits per heavy atom. The normalized spacial score (nSPS) is 29.6. The molecule has 2 rings (SSSR count). The van der Waals surface area contributed by atoms with Crippen molar-refractivity contribution in [2.75, 3.05) is 6.61 Å². The van der Waals surface area contributed by atoms with Gasteiger partial charge in [-0.05, 0) is 6.92 Å². The summed E-state index contributed by atoms with van der Waals surface area (Å²) in [6, 6.07) is 0. The van der Waals surface area contributed by atoms with Crippen molar-refractivity contribution in [3.63, 3.8) is 0 Å². The average molecular weight is 278 g/mol. The van der Waals surface area contributed by atoms with Crippen LogP contribution in [0.4, 0.5) is 8.78 Å². The van der Waals surface area contributed by atoms with E-state index in [0.29, 0.717) is 4.57 Å². The number of alkyl halides is 2. The highest BCUT2D eigenvalue weighted by Crippen LogP contribution is 2.41. The van der Waals surface area contributed by atoms with Crippen LogP contribution in [0, 0.1) is 6.92 Å². The summed E-state index contributed by atoms with van der Waals surface area (Å²) in [6.45, 7) is 0.520. The Balaban J connectivity index is 2.51. The van der Waals surface area contributed by atoms with Crippen molar-refractivity contribution < 1.29 is 23.7 Å². The number of hydrogen-bond acceptors (Lipinski definition) is 5. The Hall–Kier alpha value is -1.58. The first-order chi connectivity index (χ1) is 8.78. The van der Waals surface area contributed by atoms with E-state index >= 15 is 0 Å². The lowest BCUT2D eigenvalue weighted by Gasteiger charge is -2.21. The minimum absolute atomic E-state index is 0.0425. The van der Waals surface area contributed by atoms with Gasteiger partial charge in [0.1, 0.15) is 6.10 Å². The monoisotopic (exact) mass is 278 g/mol. The smallest absolute Gasteiger partial charge is 0.330 e. The Morgan fingerprint density at radius 1 is 1.53 bits per heavy atom. The van der Waals surface area contributed by atoms with Crippen molar-refractivity contribution in [2.24, 2.45) is 0 Å². The Labute approximate surface area is 105 Å². The summed E-state index contributed by atoms with van der Waals surface area (Å²) in [5, 5.41) is 18.2. The molecule has 1 aromatic heterocycles. The first kappa shape index (κ1) is 13.8. The van der Waals surface area contributed by atoms with E-state index in [0.717, 1.165) is 6.20 Å². The molecule has 0 radical (unpaired) electrons. The number of H-pyrrole nitrogens is 1. The summed E-state index contributed by atoms with van der Waals surface area (Å²) < 4.78 is 32.9. The van der Waals surface area contributed by atoms with E-state index in [1.807, 2.05) is 4.98 Å². The molecule has 0 aliphatic carbocycles. The molecule has 106 valence electrons. The van der Waals surface area contributed by atoms with Crippen LogP contribution in [0.1, 0.15) is 11.8 Å². The molecule has 0 spiro atoms. The zero-order valence-corrected chi connectivity index (χ0v) is 9.84. The molecule has 3 atom stereocenters. The van der Waals surface area contributed by atoms with Gasteiger partial charge >= 0.3 is 11.6 Å². The fraction of sp³-hybridized carbons (Fsp3) is 0.600. The summed E-state index contributed by atoms with van der Waals surface area (Å²) in [7, 11) is 0. The van der Waals surface area contributed by atoms with Gasteiger partial charge in [-0.1, -0.05) is 0 Å². The third kappa shape index (κ3) is 2.09. The second-order valence-corrected chi connectivity index (χ2v) is 4.31. The minimum atomic E-state index is -3.76. The third-order valence-corrected chi connectivity index (χ3v) is 2.96. The van der Waals surface area contributed by atoms with E-state index in [9.17, 15) is 23.5 Å². The number of aryl methyl sites for hydroxylation is 1. The van der Waals surface area contributed by atoms with Gasteiger partial charge in [0.2, 0.25) is 6.23 Å². The quantitative estimate of drug-likeness (QED) is 0.625. The lowest BCUT2D eigenvalue weighted by molar-refractivity contribution is -0.141. The number of aliphatic hydroxyl groups excluding tert-OH is 2. The van der Waals surface area contributed by atoms with E-state index in [2.05, 4.69) is 0 Å². The number of hydrogen-bond donors (Lipinski definition) is 3. The van der Waals surface area contributed by atoms with Crippen LogP contribution in [0.15, 0.2) is 15.8 Å². The summed E-state index contributed by atoms with van der Waals surface area (Å²) >= 11 is 0. The number of aromatic nitrogens is 2. The average Bonchev–Trinajstić information content (AvgIpc) is 2.56. The predicted molar refractivity (Wildman–Crippen MR) is 58.0 cm³/mol. The maximum atomic E-state index is 13.8. The van der Waals surface area contributed by atoms with Gasteiger partial charge in [-0.25, -0.2) is 4.79 Å². The first-order valence-corrected chi connectivity index (χ1v) is 5.43. The highest BCUT2D eigenvalue weighted by Gasteiger charge is 2.59. The van der Waals surface area contributed by atoms with Crippen LogP contribution < -0.4 is 11.2 Å². The fourth-order valence-corrected chi connectivity index (χ4v) is 1.88. The molecule has 19 heavy (non-hydrogen) atoms. The zero-order valence-electron chi connectivity index (χ0n) is 9.84. The molecule has 0 bridgehead atoms. The lowest BCUT2D eigenvalue weighted by atomic mass is 10.1. The zero-order chi connectivity index (χ0) is 14.4. The number of nitrogens with zero attached hydrogens (tertiary/aromatic N) is 1. The molecule has 7 nitrogen and oxygen atoms in total. The van der Waals surface area contributed by atoms with Gasteiger partial charge in [0.05, 0.1) is 6.61 Å². The Morgan fingerprint density at radius 3 is 2.68 bits per heavy atom.